The van der Waals surface area contributed by atoms with Crippen molar-refractivity contribution in [2.75, 3.05) is 6.54 Å². The lowest BCUT2D eigenvalue weighted by Crippen LogP contribution is -2.32. The Kier molecular flexibility index (Phi) is 4.20. The summed E-state index contributed by atoms with van der Waals surface area (Å²) in [5.41, 5.74) is 6.19. The molecule has 5 heteroatoms. The summed E-state index contributed by atoms with van der Waals surface area (Å²) in [5.74, 6) is -0.414. The van der Waals surface area contributed by atoms with Crippen molar-refractivity contribution in [3.8, 4) is 0 Å². The highest BCUT2D eigenvalue weighted by Gasteiger charge is 2.17. The van der Waals surface area contributed by atoms with Gasteiger partial charge in [0.1, 0.15) is 11.1 Å². The third-order valence-electron chi connectivity index (χ3n) is 3.19. The lowest BCUT2D eigenvalue weighted by molar-refractivity contribution is 0.0948. The first-order valence-electron chi connectivity index (χ1n) is 6.57. The zero-order chi connectivity index (χ0) is 14.7. The molecule has 0 aliphatic rings. The molecule has 106 valence electrons. The third-order valence-corrected chi connectivity index (χ3v) is 3.19. The first-order chi connectivity index (χ1) is 9.50. The van der Waals surface area contributed by atoms with Gasteiger partial charge < -0.3 is 15.5 Å². The number of fused-ring (bicyclic) bond motifs is 1. The van der Waals surface area contributed by atoms with E-state index in [-0.39, 0.29) is 11.6 Å². The number of carbonyl (C=O) groups excluding carboxylic acids is 1. The molecule has 1 unspecified atom stereocenters. The molecule has 2 rings (SSSR count). The molecular formula is C15H18N2O3. The molecule has 0 aliphatic heterocycles. The van der Waals surface area contributed by atoms with Crippen LogP contribution in [0.25, 0.3) is 11.0 Å². The van der Waals surface area contributed by atoms with Crippen LogP contribution < -0.4 is 16.7 Å². The van der Waals surface area contributed by atoms with Gasteiger partial charge in [-0.2, -0.15) is 0 Å². The fourth-order valence-corrected chi connectivity index (χ4v) is 2.07. The van der Waals surface area contributed by atoms with Crippen molar-refractivity contribution in [1.29, 1.82) is 0 Å². The molecule has 1 amide bonds. The molecule has 1 aromatic carbocycles. The highest BCUT2D eigenvalue weighted by atomic mass is 16.4. The fraction of sp³-hybridized carbons (Fsp3) is 0.333. The quantitative estimate of drug-likeness (QED) is 0.829. The molecule has 1 atom stereocenters. The maximum Gasteiger partial charge on any atom is 0.349 e. The number of benzene rings is 1. The van der Waals surface area contributed by atoms with E-state index in [0.29, 0.717) is 24.1 Å². The molecule has 0 bridgehead atoms. The predicted octanol–water partition coefficient (Wildman–Crippen LogP) is 1.57. The lowest BCUT2D eigenvalue weighted by atomic mass is 10.1. The number of rotatable bonds is 4. The fourth-order valence-electron chi connectivity index (χ4n) is 2.07. The van der Waals surface area contributed by atoms with E-state index in [2.05, 4.69) is 5.32 Å². The molecule has 3 N–H and O–H groups in total. The van der Waals surface area contributed by atoms with Crippen LogP contribution in [0.3, 0.4) is 0 Å². The summed E-state index contributed by atoms with van der Waals surface area (Å²) in [5, 5.41) is 3.47. The van der Waals surface area contributed by atoms with Crippen LogP contribution in [-0.4, -0.2) is 18.5 Å². The van der Waals surface area contributed by atoms with Crippen LogP contribution in [-0.2, 0) is 0 Å². The molecule has 0 saturated carbocycles. The topological polar surface area (TPSA) is 85.3 Å². The Labute approximate surface area is 116 Å². The average molecular weight is 274 g/mol. The molecule has 0 spiro atoms. The molecule has 5 nitrogen and oxygen atoms in total. The van der Waals surface area contributed by atoms with Crippen molar-refractivity contribution in [2.24, 2.45) is 5.73 Å². The molecule has 0 fully saturated rings. The standard InChI is InChI=1S/C15H18N2O3/c1-9(16)7-8-17-14(18)13-10(2)11-5-3-4-6-12(11)20-15(13)19/h3-6,9H,7-8,16H2,1-2H3,(H,17,18). The van der Waals surface area contributed by atoms with Gasteiger partial charge in [0, 0.05) is 18.0 Å². The number of nitrogens with one attached hydrogen (secondary N) is 1. The van der Waals surface area contributed by atoms with Gasteiger partial charge in [-0.15, -0.1) is 0 Å². The summed E-state index contributed by atoms with van der Waals surface area (Å²) in [6, 6.07) is 7.16. The van der Waals surface area contributed by atoms with Gasteiger partial charge >= 0.3 is 5.63 Å². The summed E-state index contributed by atoms with van der Waals surface area (Å²) in [6.07, 6.45) is 0.656. The van der Waals surface area contributed by atoms with Gasteiger partial charge in [-0.05, 0) is 31.9 Å². The summed E-state index contributed by atoms with van der Waals surface area (Å²) >= 11 is 0. The minimum Gasteiger partial charge on any atom is -0.422 e. The highest BCUT2D eigenvalue weighted by Crippen LogP contribution is 2.18. The van der Waals surface area contributed by atoms with Crippen LogP contribution >= 0.6 is 0 Å². The molecule has 1 heterocycles. The zero-order valence-corrected chi connectivity index (χ0v) is 11.6. The molecule has 2 aromatic rings. The van der Waals surface area contributed by atoms with Crippen LogP contribution in [0.2, 0.25) is 0 Å². The van der Waals surface area contributed by atoms with E-state index < -0.39 is 11.5 Å². The van der Waals surface area contributed by atoms with E-state index in [0.717, 1.165) is 5.39 Å². The van der Waals surface area contributed by atoms with E-state index >= 15 is 0 Å². The van der Waals surface area contributed by atoms with Crippen molar-refractivity contribution >= 4 is 16.9 Å². The van der Waals surface area contributed by atoms with Crippen molar-refractivity contribution in [2.45, 2.75) is 26.3 Å². The van der Waals surface area contributed by atoms with Gasteiger partial charge in [-0.25, -0.2) is 4.79 Å². The van der Waals surface area contributed by atoms with Gasteiger partial charge in [0.05, 0.1) is 0 Å². The van der Waals surface area contributed by atoms with Crippen LogP contribution in [0.15, 0.2) is 33.5 Å². The van der Waals surface area contributed by atoms with Gasteiger partial charge in [-0.1, -0.05) is 18.2 Å². The predicted molar refractivity (Wildman–Crippen MR) is 77.8 cm³/mol. The first kappa shape index (κ1) is 14.3. The number of para-hydroxylation sites is 1. The molecule has 0 saturated heterocycles. The van der Waals surface area contributed by atoms with Crippen LogP contribution in [0.1, 0.15) is 29.3 Å². The second-order valence-corrected chi connectivity index (χ2v) is 4.91. The minimum atomic E-state index is -0.612. The average Bonchev–Trinajstić information content (AvgIpc) is 2.38. The Morgan fingerprint density at radius 1 is 1.40 bits per heavy atom. The summed E-state index contributed by atoms with van der Waals surface area (Å²) < 4.78 is 5.18. The monoisotopic (exact) mass is 274 g/mol. The lowest BCUT2D eigenvalue weighted by Gasteiger charge is -2.09. The summed E-state index contributed by atoms with van der Waals surface area (Å²) in [7, 11) is 0. The van der Waals surface area contributed by atoms with Gasteiger partial charge in [-0.3, -0.25) is 4.79 Å². The van der Waals surface area contributed by atoms with Crippen molar-refractivity contribution in [3.05, 3.63) is 45.8 Å². The Hall–Kier alpha value is -2.14. The Morgan fingerprint density at radius 2 is 2.10 bits per heavy atom. The zero-order valence-electron chi connectivity index (χ0n) is 11.6. The number of hydrogen-bond acceptors (Lipinski definition) is 4. The third kappa shape index (κ3) is 2.88. The van der Waals surface area contributed by atoms with Crippen molar-refractivity contribution in [3.63, 3.8) is 0 Å². The summed E-state index contributed by atoms with van der Waals surface area (Å²) in [6.45, 7) is 4.05. The maximum absolute atomic E-state index is 12.1. The number of amides is 1. The second-order valence-electron chi connectivity index (χ2n) is 4.91. The van der Waals surface area contributed by atoms with Crippen LogP contribution in [0, 0.1) is 6.92 Å². The van der Waals surface area contributed by atoms with E-state index in [4.69, 9.17) is 10.2 Å². The number of carbonyl (C=O) groups is 1. The van der Waals surface area contributed by atoms with Crippen LogP contribution in [0.4, 0.5) is 0 Å². The van der Waals surface area contributed by atoms with E-state index in [1.165, 1.54) is 0 Å². The maximum atomic E-state index is 12.1. The number of hydrogen-bond donors (Lipinski definition) is 2. The largest absolute Gasteiger partial charge is 0.422 e. The number of aryl methyl sites for hydroxylation is 1. The minimum absolute atomic E-state index is 0.00408. The van der Waals surface area contributed by atoms with Crippen molar-refractivity contribution < 1.29 is 9.21 Å². The highest BCUT2D eigenvalue weighted by molar-refractivity contribution is 5.99. The Balaban J connectivity index is 2.34. The first-order valence-corrected chi connectivity index (χ1v) is 6.57. The molecule has 0 aliphatic carbocycles. The number of nitrogens with two attached hydrogens (primary N) is 1. The molecule has 20 heavy (non-hydrogen) atoms. The van der Waals surface area contributed by atoms with E-state index in [1.807, 2.05) is 19.1 Å². The molecular weight excluding hydrogens is 256 g/mol. The normalized spacial score (nSPS) is 12.3. The molecule has 1 aromatic heterocycles. The van der Waals surface area contributed by atoms with Crippen LogP contribution in [0.5, 0.6) is 0 Å². The van der Waals surface area contributed by atoms with Crippen molar-refractivity contribution in [1.82, 2.24) is 5.32 Å². The van der Waals surface area contributed by atoms with E-state index in [9.17, 15) is 9.59 Å². The second kappa shape index (κ2) is 5.88. The molecule has 0 radical (unpaired) electrons. The Morgan fingerprint density at radius 3 is 2.80 bits per heavy atom. The Bertz CT molecular complexity index is 689. The van der Waals surface area contributed by atoms with Gasteiger partial charge in [0.15, 0.2) is 0 Å². The van der Waals surface area contributed by atoms with E-state index in [1.54, 1.807) is 19.1 Å². The van der Waals surface area contributed by atoms with Gasteiger partial charge in [0.25, 0.3) is 5.91 Å². The SMILES string of the molecule is Cc1c(C(=O)NCCC(C)N)c(=O)oc2ccccc12. The van der Waals surface area contributed by atoms with Gasteiger partial charge in [0.2, 0.25) is 0 Å². The summed E-state index contributed by atoms with van der Waals surface area (Å²) in [4.78, 5) is 24.0. The smallest absolute Gasteiger partial charge is 0.349 e.